The molecule has 0 bridgehead atoms. The number of nitrogens with one attached hydrogen (secondary N) is 1. The van der Waals surface area contributed by atoms with Crippen LogP contribution >= 0.6 is 15.9 Å². The molecule has 2 saturated heterocycles. The third-order valence-corrected chi connectivity index (χ3v) is 6.82. The molecule has 9 heteroatoms. The summed E-state index contributed by atoms with van der Waals surface area (Å²) in [5, 5.41) is 1.29. The quantitative estimate of drug-likeness (QED) is 0.501. The van der Waals surface area contributed by atoms with Crippen LogP contribution in [0.2, 0.25) is 0 Å². The van der Waals surface area contributed by atoms with E-state index in [1.807, 2.05) is 18.2 Å². The zero-order valence-corrected chi connectivity index (χ0v) is 20.6. The molecule has 0 saturated carbocycles. The van der Waals surface area contributed by atoms with Gasteiger partial charge in [0, 0.05) is 10.0 Å². The standard InChI is InChI=1S/C26H22BrN3O5/c1-34-18-12-10-15(11-13-18)22-21-23(30(28-22)24(31)16-6-5-7-17(27)14-16)26(33)29(25(21)32)19-8-3-4-9-20(19)35-2/h3-14,21-23,28H,1-2H3/t21-,22+,23-/m1/s1. The van der Waals surface area contributed by atoms with Crippen molar-refractivity contribution in [2.24, 2.45) is 5.92 Å². The number of nitrogens with zero attached hydrogens (tertiary/aromatic N) is 2. The molecule has 0 radical (unpaired) electrons. The van der Waals surface area contributed by atoms with Crippen LogP contribution in [0.15, 0.2) is 77.3 Å². The molecule has 3 atom stereocenters. The molecule has 2 fully saturated rings. The van der Waals surface area contributed by atoms with Gasteiger partial charge in [0.25, 0.3) is 11.8 Å². The van der Waals surface area contributed by atoms with Crippen molar-refractivity contribution in [1.29, 1.82) is 0 Å². The van der Waals surface area contributed by atoms with Crippen molar-refractivity contribution >= 4 is 39.3 Å². The number of hydrazine groups is 1. The van der Waals surface area contributed by atoms with Crippen molar-refractivity contribution in [2.75, 3.05) is 19.1 Å². The Labute approximate surface area is 210 Å². The lowest BCUT2D eigenvalue weighted by Gasteiger charge is -2.26. The van der Waals surface area contributed by atoms with Gasteiger partial charge in [-0.2, -0.15) is 0 Å². The highest BCUT2D eigenvalue weighted by Crippen LogP contribution is 2.44. The van der Waals surface area contributed by atoms with Crippen LogP contribution in [0.4, 0.5) is 5.69 Å². The van der Waals surface area contributed by atoms with Gasteiger partial charge in [-0.3, -0.25) is 19.4 Å². The van der Waals surface area contributed by atoms with Crippen molar-refractivity contribution in [1.82, 2.24) is 10.4 Å². The lowest BCUT2D eigenvalue weighted by Crippen LogP contribution is -2.48. The van der Waals surface area contributed by atoms with E-state index in [0.29, 0.717) is 22.7 Å². The molecule has 2 aliphatic heterocycles. The molecule has 3 aromatic rings. The zero-order chi connectivity index (χ0) is 24.7. The summed E-state index contributed by atoms with van der Waals surface area (Å²) in [6.07, 6.45) is 0. The van der Waals surface area contributed by atoms with Crippen molar-refractivity contribution in [3.63, 3.8) is 0 Å². The number of fused-ring (bicyclic) bond motifs is 1. The maximum Gasteiger partial charge on any atom is 0.268 e. The molecule has 1 N–H and O–H groups in total. The number of methoxy groups -OCH3 is 2. The number of para-hydroxylation sites is 2. The second-order valence-electron chi connectivity index (χ2n) is 8.22. The van der Waals surface area contributed by atoms with Gasteiger partial charge in [0.05, 0.1) is 31.9 Å². The van der Waals surface area contributed by atoms with Gasteiger partial charge in [0.2, 0.25) is 5.91 Å². The Bertz CT molecular complexity index is 1310. The Morgan fingerprint density at radius 2 is 1.66 bits per heavy atom. The van der Waals surface area contributed by atoms with Crippen LogP contribution in [0.1, 0.15) is 22.0 Å². The van der Waals surface area contributed by atoms with Gasteiger partial charge in [-0.15, -0.1) is 0 Å². The Kier molecular flexibility index (Phi) is 6.04. The maximum atomic E-state index is 13.8. The first kappa shape index (κ1) is 23.1. The molecule has 0 aliphatic carbocycles. The number of rotatable bonds is 5. The molecular formula is C26H22BrN3O5. The molecule has 3 aromatic carbocycles. The van der Waals surface area contributed by atoms with Gasteiger partial charge in [-0.1, -0.05) is 46.3 Å². The van der Waals surface area contributed by atoms with E-state index in [9.17, 15) is 14.4 Å². The summed E-state index contributed by atoms with van der Waals surface area (Å²) in [7, 11) is 3.05. The van der Waals surface area contributed by atoms with Crippen LogP contribution in [0.5, 0.6) is 11.5 Å². The Morgan fingerprint density at radius 1 is 0.914 bits per heavy atom. The smallest absolute Gasteiger partial charge is 0.268 e. The number of ether oxygens (including phenoxy) is 2. The minimum Gasteiger partial charge on any atom is -0.497 e. The van der Waals surface area contributed by atoms with Crippen LogP contribution in [0.3, 0.4) is 0 Å². The molecule has 3 amide bonds. The van der Waals surface area contributed by atoms with Crippen molar-refractivity contribution in [3.8, 4) is 11.5 Å². The van der Waals surface area contributed by atoms with Gasteiger partial charge in [0.15, 0.2) is 0 Å². The monoisotopic (exact) mass is 535 g/mol. The van der Waals surface area contributed by atoms with Crippen molar-refractivity contribution in [3.05, 3.63) is 88.4 Å². The first-order chi connectivity index (χ1) is 16.9. The fourth-order valence-electron chi connectivity index (χ4n) is 4.68. The first-order valence-electron chi connectivity index (χ1n) is 10.9. The normalized spacial score (nSPS) is 21.3. The minimum absolute atomic E-state index is 0.350. The highest BCUT2D eigenvalue weighted by Gasteiger charge is 2.60. The SMILES string of the molecule is COc1ccc([C@@H]2NN(C(=O)c3cccc(Br)c3)[C@H]3C(=O)N(c4ccccc4OC)C(=O)[C@H]23)cc1. The number of carbonyl (C=O) groups is 3. The van der Waals surface area contributed by atoms with Crippen LogP contribution in [-0.4, -0.2) is 43.0 Å². The summed E-state index contributed by atoms with van der Waals surface area (Å²) in [6, 6.07) is 19.3. The van der Waals surface area contributed by atoms with E-state index in [4.69, 9.17) is 9.47 Å². The maximum absolute atomic E-state index is 13.8. The fourth-order valence-corrected chi connectivity index (χ4v) is 5.07. The summed E-state index contributed by atoms with van der Waals surface area (Å²) >= 11 is 3.39. The average Bonchev–Trinajstić information content (AvgIpc) is 3.40. The topological polar surface area (TPSA) is 88.2 Å². The largest absolute Gasteiger partial charge is 0.497 e. The van der Waals surface area contributed by atoms with Gasteiger partial charge < -0.3 is 9.47 Å². The lowest BCUT2D eigenvalue weighted by atomic mass is 9.91. The average molecular weight is 536 g/mol. The third-order valence-electron chi connectivity index (χ3n) is 6.33. The predicted octanol–water partition coefficient (Wildman–Crippen LogP) is 3.73. The molecule has 0 spiro atoms. The molecule has 0 aromatic heterocycles. The van der Waals surface area contributed by atoms with Crippen molar-refractivity contribution < 1.29 is 23.9 Å². The number of amides is 3. The Hall–Kier alpha value is -3.69. The van der Waals surface area contributed by atoms with E-state index >= 15 is 0 Å². The number of halogens is 1. The molecule has 8 nitrogen and oxygen atoms in total. The first-order valence-corrected chi connectivity index (χ1v) is 11.7. The molecular weight excluding hydrogens is 514 g/mol. The van der Waals surface area contributed by atoms with Gasteiger partial charge in [-0.05, 0) is 48.0 Å². The summed E-state index contributed by atoms with van der Waals surface area (Å²) in [5.41, 5.74) is 4.65. The second kappa shape index (κ2) is 9.16. The summed E-state index contributed by atoms with van der Waals surface area (Å²) in [4.78, 5) is 42.2. The zero-order valence-electron chi connectivity index (χ0n) is 19.0. The number of carbonyl (C=O) groups excluding carboxylic acids is 3. The molecule has 0 unspecified atom stereocenters. The molecule has 5 rings (SSSR count). The van der Waals surface area contributed by atoms with E-state index in [1.165, 1.54) is 12.1 Å². The van der Waals surface area contributed by atoms with Gasteiger partial charge in [-0.25, -0.2) is 10.3 Å². The van der Waals surface area contributed by atoms with E-state index < -0.39 is 35.7 Å². The number of imide groups is 1. The number of benzene rings is 3. The molecule has 178 valence electrons. The fraction of sp³-hybridized carbons (Fsp3) is 0.192. The number of hydrogen-bond acceptors (Lipinski definition) is 6. The Morgan fingerprint density at radius 3 is 2.34 bits per heavy atom. The third kappa shape index (κ3) is 3.86. The summed E-state index contributed by atoms with van der Waals surface area (Å²) in [6.45, 7) is 0. The highest BCUT2D eigenvalue weighted by molar-refractivity contribution is 9.10. The highest BCUT2D eigenvalue weighted by atomic mass is 79.9. The summed E-state index contributed by atoms with van der Waals surface area (Å²) in [5.74, 6) is -1.06. The molecule has 2 aliphatic rings. The van der Waals surface area contributed by atoms with Crippen LogP contribution < -0.4 is 19.8 Å². The predicted molar refractivity (Wildman–Crippen MR) is 132 cm³/mol. The Balaban J connectivity index is 1.59. The van der Waals surface area contributed by atoms with Crippen LogP contribution in [-0.2, 0) is 9.59 Å². The number of hydrogen-bond donors (Lipinski definition) is 1. The van der Waals surface area contributed by atoms with E-state index in [0.717, 1.165) is 14.9 Å². The molecule has 2 heterocycles. The van der Waals surface area contributed by atoms with Crippen LogP contribution in [0.25, 0.3) is 0 Å². The van der Waals surface area contributed by atoms with Crippen molar-refractivity contribution in [2.45, 2.75) is 12.1 Å². The second-order valence-corrected chi connectivity index (χ2v) is 9.14. The van der Waals surface area contributed by atoms with Gasteiger partial charge >= 0.3 is 0 Å². The van der Waals surface area contributed by atoms with E-state index in [-0.39, 0.29) is 0 Å². The minimum atomic E-state index is -1.02. The van der Waals surface area contributed by atoms with Crippen LogP contribution in [0, 0.1) is 5.92 Å². The summed E-state index contributed by atoms with van der Waals surface area (Å²) < 4.78 is 11.4. The van der Waals surface area contributed by atoms with E-state index in [1.54, 1.807) is 61.7 Å². The number of anilines is 1. The van der Waals surface area contributed by atoms with E-state index in [2.05, 4.69) is 21.4 Å². The molecule has 35 heavy (non-hydrogen) atoms. The van der Waals surface area contributed by atoms with Gasteiger partial charge in [0.1, 0.15) is 17.5 Å². The lowest BCUT2D eigenvalue weighted by molar-refractivity contribution is -0.123.